The molecule has 0 N–H and O–H groups in total. The van der Waals surface area contributed by atoms with Gasteiger partial charge in [-0.15, -0.1) is 0 Å². The minimum absolute atomic E-state index is 0.404. The van der Waals surface area contributed by atoms with Crippen LogP contribution in [0.1, 0.15) is 40.5 Å². The van der Waals surface area contributed by atoms with Gasteiger partial charge >= 0.3 is 0 Å². The molecule has 0 aromatic heterocycles. The van der Waals surface area contributed by atoms with Gasteiger partial charge in [-0.05, 0) is 44.4 Å². The normalized spacial score (nSPS) is 28.5. The van der Waals surface area contributed by atoms with Gasteiger partial charge in [0.25, 0.3) is 0 Å². The molecule has 1 saturated carbocycles. The third kappa shape index (κ3) is 3.14. The predicted molar refractivity (Wildman–Crippen MR) is 52.1 cm³/mol. The van der Waals surface area contributed by atoms with Crippen LogP contribution < -0.4 is 0 Å². The minimum Gasteiger partial charge on any atom is -0.379 e. The Morgan fingerprint density at radius 1 is 1.25 bits per heavy atom. The van der Waals surface area contributed by atoms with Crippen LogP contribution in [0.15, 0.2) is 0 Å². The fourth-order valence-corrected chi connectivity index (χ4v) is 1.87. The zero-order valence-electron chi connectivity index (χ0n) is 8.84. The molecule has 1 rings (SSSR count). The minimum atomic E-state index is 0.404. The van der Waals surface area contributed by atoms with Crippen molar-refractivity contribution in [3.05, 3.63) is 0 Å². The van der Waals surface area contributed by atoms with E-state index in [1.807, 2.05) is 0 Å². The topological polar surface area (TPSA) is 9.23 Å². The molecule has 72 valence electrons. The fraction of sp³-hybridized carbons (Fsp3) is 1.00. The summed E-state index contributed by atoms with van der Waals surface area (Å²) >= 11 is 0. The van der Waals surface area contributed by atoms with Crippen LogP contribution in [0, 0.1) is 17.8 Å². The first-order valence-corrected chi connectivity index (χ1v) is 5.23. The summed E-state index contributed by atoms with van der Waals surface area (Å²) in [4.78, 5) is 0. The summed E-state index contributed by atoms with van der Waals surface area (Å²) in [5.74, 6) is 2.86. The molecule has 0 radical (unpaired) electrons. The fourth-order valence-electron chi connectivity index (χ4n) is 1.87. The second-order valence-corrected chi connectivity index (χ2v) is 4.61. The first-order chi connectivity index (χ1) is 5.61. The van der Waals surface area contributed by atoms with E-state index in [1.54, 1.807) is 0 Å². The molecule has 1 fully saturated rings. The van der Waals surface area contributed by atoms with E-state index >= 15 is 0 Å². The zero-order chi connectivity index (χ0) is 9.14. The summed E-state index contributed by atoms with van der Waals surface area (Å²) in [5, 5.41) is 0. The maximum absolute atomic E-state index is 5.52. The predicted octanol–water partition coefficient (Wildman–Crippen LogP) is 3.09. The maximum atomic E-state index is 5.52. The molecule has 0 aromatic carbocycles. The monoisotopic (exact) mass is 170 g/mol. The first-order valence-electron chi connectivity index (χ1n) is 5.23. The summed E-state index contributed by atoms with van der Waals surface area (Å²) in [5.41, 5.74) is 0. The molecule has 2 unspecified atom stereocenters. The third-order valence-electron chi connectivity index (χ3n) is 2.77. The largest absolute Gasteiger partial charge is 0.379 e. The second-order valence-electron chi connectivity index (χ2n) is 4.61. The van der Waals surface area contributed by atoms with Crippen LogP contribution >= 0.6 is 0 Å². The summed E-state index contributed by atoms with van der Waals surface area (Å²) < 4.78 is 5.52. The lowest BCUT2D eigenvalue weighted by Gasteiger charge is -2.07. The molecule has 0 aromatic rings. The maximum Gasteiger partial charge on any atom is 0.0518 e. The van der Waals surface area contributed by atoms with E-state index in [9.17, 15) is 0 Å². The van der Waals surface area contributed by atoms with E-state index in [0.29, 0.717) is 6.10 Å². The highest BCUT2D eigenvalue weighted by Gasteiger charge is 2.38. The van der Waals surface area contributed by atoms with Gasteiger partial charge in [0.1, 0.15) is 0 Å². The molecule has 1 nitrogen and oxygen atoms in total. The van der Waals surface area contributed by atoms with Crippen molar-refractivity contribution in [3.8, 4) is 0 Å². The van der Waals surface area contributed by atoms with E-state index in [4.69, 9.17) is 4.74 Å². The summed E-state index contributed by atoms with van der Waals surface area (Å²) in [6, 6.07) is 0. The Balaban J connectivity index is 1.97. The lowest BCUT2D eigenvalue weighted by molar-refractivity contribution is 0.0731. The molecular weight excluding hydrogens is 148 g/mol. The Morgan fingerprint density at radius 2 is 1.92 bits per heavy atom. The van der Waals surface area contributed by atoms with Crippen LogP contribution in [0.3, 0.4) is 0 Å². The van der Waals surface area contributed by atoms with Gasteiger partial charge < -0.3 is 4.74 Å². The Labute approximate surface area is 76.5 Å². The van der Waals surface area contributed by atoms with Gasteiger partial charge in [-0.1, -0.05) is 13.8 Å². The summed E-state index contributed by atoms with van der Waals surface area (Å²) in [6.07, 6.45) is 3.13. The first kappa shape index (κ1) is 10.0. The molecule has 12 heavy (non-hydrogen) atoms. The molecule has 0 saturated heterocycles. The van der Waals surface area contributed by atoms with E-state index in [0.717, 1.165) is 24.4 Å². The van der Waals surface area contributed by atoms with Gasteiger partial charge in [-0.25, -0.2) is 0 Å². The van der Waals surface area contributed by atoms with Crippen molar-refractivity contribution >= 4 is 0 Å². The molecule has 0 spiro atoms. The smallest absolute Gasteiger partial charge is 0.0518 e. The number of rotatable bonds is 5. The standard InChI is InChI=1S/C11H22O/c1-8(2)11-7-10(11)5-6-12-9(3)4/h8-11H,5-7H2,1-4H3. The Kier molecular flexibility index (Phi) is 3.57. The quantitative estimate of drug-likeness (QED) is 0.616. The van der Waals surface area contributed by atoms with Crippen molar-refractivity contribution in [2.75, 3.05) is 6.61 Å². The summed E-state index contributed by atoms with van der Waals surface area (Å²) in [6.45, 7) is 9.83. The van der Waals surface area contributed by atoms with Crippen molar-refractivity contribution in [2.45, 2.75) is 46.6 Å². The van der Waals surface area contributed by atoms with Gasteiger partial charge in [0.2, 0.25) is 0 Å². The van der Waals surface area contributed by atoms with Crippen LogP contribution in [-0.2, 0) is 4.74 Å². The van der Waals surface area contributed by atoms with Crippen LogP contribution in [0.4, 0.5) is 0 Å². The SMILES string of the molecule is CC(C)OCCC1CC1C(C)C. The number of hydrogen-bond acceptors (Lipinski definition) is 1. The molecule has 0 bridgehead atoms. The van der Waals surface area contributed by atoms with Gasteiger partial charge in [-0.3, -0.25) is 0 Å². The number of ether oxygens (including phenoxy) is 1. The Morgan fingerprint density at radius 3 is 2.33 bits per heavy atom. The lowest BCUT2D eigenvalue weighted by atomic mass is 10.1. The van der Waals surface area contributed by atoms with Crippen LogP contribution in [-0.4, -0.2) is 12.7 Å². The lowest BCUT2D eigenvalue weighted by Crippen LogP contribution is -2.05. The van der Waals surface area contributed by atoms with Crippen molar-refractivity contribution in [3.63, 3.8) is 0 Å². The second kappa shape index (κ2) is 4.27. The van der Waals surface area contributed by atoms with Crippen molar-refractivity contribution in [1.82, 2.24) is 0 Å². The molecule has 0 aliphatic heterocycles. The van der Waals surface area contributed by atoms with E-state index in [-0.39, 0.29) is 0 Å². The average molecular weight is 170 g/mol. The van der Waals surface area contributed by atoms with Gasteiger partial charge in [-0.2, -0.15) is 0 Å². The Bertz CT molecular complexity index is 129. The summed E-state index contributed by atoms with van der Waals surface area (Å²) in [7, 11) is 0. The number of hydrogen-bond donors (Lipinski definition) is 0. The van der Waals surface area contributed by atoms with Crippen LogP contribution in [0.25, 0.3) is 0 Å². The highest BCUT2D eigenvalue weighted by Crippen LogP contribution is 2.46. The highest BCUT2D eigenvalue weighted by molar-refractivity contribution is 4.87. The van der Waals surface area contributed by atoms with Crippen molar-refractivity contribution in [2.24, 2.45) is 17.8 Å². The molecule has 0 amide bonds. The van der Waals surface area contributed by atoms with E-state index in [1.165, 1.54) is 12.8 Å². The molecule has 0 heterocycles. The Hall–Kier alpha value is -0.0400. The van der Waals surface area contributed by atoms with Crippen LogP contribution in [0.5, 0.6) is 0 Å². The van der Waals surface area contributed by atoms with E-state index in [2.05, 4.69) is 27.7 Å². The van der Waals surface area contributed by atoms with Gasteiger partial charge in [0.05, 0.1) is 6.10 Å². The average Bonchev–Trinajstić information content (AvgIpc) is 2.66. The van der Waals surface area contributed by atoms with Crippen molar-refractivity contribution in [1.29, 1.82) is 0 Å². The third-order valence-corrected chi connectivity index (χ3v) is 2.77. The highest BCUT2D eigenvalue weighted by atomic mass is 16.5. The van der Waals surface area contributed by atoms with E-state index < -0.39 is 0 Å². The zero-order valence-corrected chi connectivity index (χ0v) is 8.84. The molecular formula is C11H22O. The molecule has 1 heteroatoms. The molecule has 2 atom stereocenters. The van der Waals surface area contributed by atoms with Crippen molar-refractivity contribution < 1.29 is 4.74 Å². The van der Waals surface area contributed by atoms with Crippen LogP contribution in [0.2, 0.25) is 0 Å². The molecule has 1 aliphatic carbocycles. The molecule has 1 aliphatic rings. The van der Waals surface area contributed by atoms with Gasteiger partial charge in [0, 0.05) is 6.61 Å². The van der Waals surface area contributed by atoms with Gasteiger partial charge in [0.15, 0.2) is 0 Å².